The van der Waals surface area contributed by atoms with E-state index in [4.69, 9.17) is 16.2 Å². The Balaban J connectivity index is 3.14. The van der Waals surface area contributed by atoms with Gasteiger partial charge in [0.2, 0.25) is 0 Å². The van der Waals surface area contributed by atoms with Crippen LogP contribution >= 0.6 is 11.6 Å². The Kier molecular flexibility index (Phi) is 3.56. The van der Waals surface area contributed by atoms with E-state index in [1.165, 1.54) is 12.1 Å². The molecule has 14 heavy (non-hydrogen) atoms. The van der Waals surface area contributed by atoms with Gasteiger partial charge in [0.15, 0.2) is 11.1 Å². The Bertz CT molecular complexity index is 395. The van der Waals surface area contributed by atoms with Crippen LogP contribution in [0, 0.1) is 10.1 Å². The second kappa shape index (κ2) is 4.50. The van der Waals surface area contributed by atoms with Gasteiger partial charge in [-0.15, -0.1) is 0 Å². The fraction of sp³-hybridized carbons (Fsp3) is 0.143. The molecule has 0 fully saturated rings. The summed E-state index contributed by atoms with van der Waals surface area (Å²) >= 11 is 3.46. The fourth-order valence-corrected chi connectivity index (χ4v) is 1.64. The molecule has 0 bridgehead atoms. The Morgan fingerprint density at radius 2 is 2.21 bits per heavy atom. The van der Waals surface area contributed by atoms with Gasteiger partial charge in [0, 0.05) is 16.7 Å². The molecule has 0 aliphatic heterocycles. The van der Waals surface area contributed by atoms with Gasteiger partial charge in [0.1, 0.15) is 0 Å². The number of hydrogen-bond acceptors (Lipinski definition) is 3. The summed E-state index contributed by atoms with van der Waals surface area (Å²) in [6.07, 6.45) is 0. The molecule has 0 saturated heterocycles. The maximum absolute atomic E-state index is 10.5. The summed E-state index contributed by atoms with van der Waals surface area (Å²) < 4.78 is 19.1. The van der Waals surface area contributed by atoms with Gasteiger partial charge in [0.05, 0.1) is 10.7 Å². The zero-order chi connectivity index (χ0) is 10.7. The average molecular weight is 236 g/mol. The summed E-state index contributed by atoms with van der Waals surface area (Å²) in [7, 11) is 0. The van der Waals surface area contributed by atoms with Crippen molar-refractivity contribution < 1.29 is 13.7 Å². The van der Waals surface area contributed by atoms with Gasteiger partial charge in [-0.2, -0.15) is 0 Å². The Morgan fingerprint density at radius 3 is 2.71 bits per heavy atom. The second-order valence-corrected chi connectivity index (χ2v) is 3.86. The minimum atomic E-state index is -2.10. The van der Waals surface area contributed by atoms with Gasteiger partial charge in [-0.3, -0.25) is 10.1 Å². The van der Waals surface area contributed by atoms with E-state index in [0.29, 0.717) is 0 Å². The van der Waals surface area contributed by atoms with Crippen molar-refractivity contribution in [1.82, 2.24) is 0 Å². The van der Waals surface area contributed by atoms with Crippen LogP contribution in [0.4, 0.5) is 5.69 Å². The van der Waals surface area contributed by atoms with E-state index in [0.717, 1.165) is 6.07 Å². The lowest BCUT2D eigenvalue weighted by Gasteiger charge is -2.00. The monoisotopic (exact) mass is 235 g/mol. The van der Waals surface area contributed by atoms with Gasteiger partial charge < -0.3 is 4.55 Å². The second-order valence-electron chi connectivity index (χ2n) is 2.50. The molecule has 0 heterocycles. The lowest BCUT2D eigenvalue weighted by atomic mass is 10.2. The lowest BCUT2D eigenvalue weighted by molar-refractivity contribution is -0.385. The summed E-state index contributed by atoms with van der Waals surface area (Å²) in [6, 6.07) is 3.97. The van der Waals surface area contributed by atoms with Crippen molar-refractivity contribution in [3.05, 3.63) is 38.9 Å². The molecular weight excluding hydrogens is 230 g/mol. The Labute approximate surface area is 87.1 Å². The molecule has 0 amide bonds. The normalized spacial score (nSPS) is 12.4. The van der Waals surface area contributed by atoms with E-state index in [1.807, 2.05) is 0 Å². The van der Waals surface area contributed by atoms with E-state index < -0.39 is 16.0 Å². The van der Waals surface area contributed by atoms with Crippen LogP contribution in [0.1, 0.15) is 5.56 Å². The van der Waals surface area contributed by atoms with Crippen molar-refractivity contribution in [3.8, 4) is 0 Å². The van der Waals surface area contributed by atoms with Crippen molar-refractivity contribution >= 4 is 28.4 Å². The van der Waals surface area contributed by atoms with Crippen LogP contribution < -0.4 is 0 Å². The van der Waals surface area contributed by atoms with Crippen molar-refractivity contribution in [2.45, 2.75) is 5.75 Å². The molecule has 7 heteroatoms. The molecule has 0 aliphatic carbocycles. The summed E-state index contributed by atoms with van der Waals surface area (Å²) in [5.41, 5.74) is -0.0415. The SMILES string of the molecule is O=[N+]([O-])c1cc(Cl)ccc1CS(=O)O. The molecule has 0 saturated carbocycles. The highest BCUT2D eigenvalue weighted by molar-refractivity contribution is 7.78. The first kappa shape index (κ1) is 11.1. The van der Waals surface area contributed by atoms with Crippen LogP contribution in [0.5, 0.6) is 0 Å². The molecule has 1 unspecified atom stereocenters. The van der Waals surface area contributed by atoms with Gasteiger partial charge >= 0.3 is 0 Å². The fourth-order valence-electron chi connectivity index (χ4n) is 0.962. The quantitative estimate of drug-likeness (QED) is 0.493. The van der Waals surface area contributed by atoms with Crippen LogP contribution in [-0.2, 0) is 16.8 Å². The zero-order valence-electron chi connectivity index (χ0n) is 6.84. The van der Waals surface area contributed by atoms with Crippen molar-refractivity contribution in [3.63, 3.8) is 0 Å². The molecule has 0 radical (unpaired) electrons. The van der Waals surface area contributed by atoms with Gasteiger partial charge in [-0.05, 0) is 12.1 Å². The van der Waals surface area contributed by atoms with Crippen molar-refractivity contribution in [2.75, 3.05) is 0 Å². The van der Waals surface area contributed by atoms with Gasteiger partial charge in [-0.25, -0.2) is 4.21 Å². The van der Waals surface area contributed by atoms with Crippen LogP contribution in [0.25, 0.3) is 0 Å². The summed E-state index contributed by atoms with van der Waals surface area (Å²) in [6.45, 7) is 0. The first-order chi connectivity index (χ1) is 6.50. The summed E-state index contributed by atoms with van der Waals surface area (Å²) in [5.74, 6) is -0.270. The third kappa shape index (κ3) is 2.76. The third-order valence-electron chi connectivity index (χ3n) is 1.52. The minimum absolute atomic E-state index is 0.195. The topological polar surface area (TPSA) is 80.4 Å². The number of rotatable bonds is 3. The molecular formula is C7H6ClNO4S. The molecule has 0 spiro atoms. The standard InChI is InChI=1S/C7H6ClNO4S/c8-6-2-1-5(4-14(12)13)7(3-6)9(10)11/h1-3H,4H2,(H,12,13). The lowest BCUT2D eigenvalue weighted by Crippen LogP contribution is -1.99. The molecule has 76 valence electrons. The van der Waals surface area contributed by atoms with E-state index in [2.05, 4.69) is 0 Å². The van der Waals surface area contributed by atoms with Gasteiger partial charge in [-0.1, -0.05) is 11.6 Å². The average Bonchev–Trinajstić information content (AvgIpc) is 2.07. The minimum Gasteiger partial charge on any atom is -0.306 e. The Morgan fingerprint density at radius 1 is 1.57 bits per heavy atom. The highest BCUT2D eigenvalue weighted by atomic mass is 35.5. The van der Waals surface area contributed by atoms with E-state index in [-0.39, 0.29) is 22.0 Å². The third-order valence-corrected chi connectivity index (χ3v) is 2.32. The molecule has 1 atom stereocenters. The largest absolute Gasteiger partial charge is 0.306 e. The number of halogens is 1. The Hall–Kier alpha value is -0.980. The zero-order valence-corrected chi connectivity index (χ0v) is 8.42. The van der Waals surface area contributed by atoms with E-state index >= 15 is 0 Å². The number of hydrogen-bond donors (Lipinski definition) is 1. The predicted molar refractivity (Wildman–Crippen MR) is 52.6 cm³/mol. The van der Waals surface area contributed by atoms with Crippen LogP contribution in [0.2, 0.25) is 5.02 Å². The molecule has 1 rings (SSSR count). The molecule has 1 aromatic rings. The van der Waals surface area contributed by atoms with Crippen LogP contribution in [-0.4, -0.2) is 13.7 Å². The van der Waals surface area contributed by atoms with Crippen molar-refractivity contribution in [2.24, 2.45) is 0 Å². The summed E-state index contributed by atoms with van der Waals surface area (Å²) in [4.78, 5) is 9.89. The molecule has 1 N–H and O–H groups in total. The predicted octanol–water partition coefficient (Wildman–Crippen LogP) is 1.97. The first-order valence-corrected chi connectivity index (χ1v) is 5.16. The van der Waals surface area contributed by atoms with Crippen molar-refractivity contribution in [1.29, 1.82) is 0 Å². The smallest absolute Gasteiger partial charge is 0.275 e. The number of nitro benzene ring substituents is 1. The van der Waals surface area contributed by atoms with E-state index in [9.17, 15) is 14.3 Å². The molecule has 5 nitrogen and oxygen atoms in total. The highest BCUT2D eigenvalue weighted by Gasteiger charge is 2.15. The number of benzene rings is 1. The van der Waals surface area contributed by atoms with Gasteiger partial charge in [0.25, 0.3) is 5.69 Å². The maximum atomic E-state index is 10.5. The molecule has 1 aromatic carbocycles. The first-order valence-electron chi connectivity index (χ1n) is 3.51. The number of nitro groups is 1. The molecule has 0 aromatic heterocycles. The van der Waals surface area contributed by atoms with E-state index in [1.54, 1.807) is 0 Å². The highest BCUT2D eigenvalue weighted by Crippen LogP contribution is 2.23. The molecule has 0 aliphatic rings. The number of nitrogens with zero attached hydrogens (tertiary/aromatic N) is 1. The summed E-state index contributed by atoms with van der Waals surface area (Å²) in [5, 5.41) is 10.7. The maximum Gasteiger partial charge on any atom is 0.275 e. The van der Waals surface area contributed by atoms with Crippen LogP contribution in [0.15, 0.2) is 18.2 Å². The van der Waals surface area contributed by atoms with Crippen LogP contribution in [0.3, 0.4) is 0 Å².